The third-order valence-corrected chi connectivity index (χ3v) is 4.79. The second kappa shape index (κ2) is 8.06. The molecule has 1 aliphatic heterocycles. The molecule has 1 saturated heterocycles. The fourth-order valence-corrected chi connectivity index (χ4v) is 3.10. The number of carbonyl (C=O) groups excluding carboxylic acids is 1. The second-order valence-electron chi connectivity index (χ2n) is 7.84. The van der Waals surface area contributed by atoms with Crippen LogP contribution in [-0.4, -0.2) is 50.1 Å². The second-order valence-corrected chi connectivity index (χ2v) is 7.84. The topological polar surface area (TPSA) is 57.5 Å². The molecule has 0 unspecified atom stereocenters. The highest BCUT2D eigenvalue weighted by atomic mass is 16.3. The summed E-state index contributed by atoms with van der Waals surface area (Å²) in [6.07, 6.45) is 0. The first kappa shape index (κ1) is 18.7. The molecule has 5 heteroatoms. The Labute approximate surface area is 155 Å². The van der Waals surface area contributed by atoms with Crippen molar-refractivity contribution in [3.8, 4) is 11.3 Å². The van der Waals surface area contributed by atoms with Crippen LogP contribution < -0.4 is 10.6 Å². The fraction of sp³-hybridized carbons (Fsp3) is 0.476. The average Bonchev–Trinajstić information content (AvgIpc) is 3.12. The van der Waals surface area contributed by atoms with Gasteiger partial charge in [0.15, 0.2) is 5.76 Å². The maximum absolute atomic E-state index is 12.3. The molecule has 0 aliphatic carbocycles. The molecular formula is C21H29N3O2. The van der Waals surface area contributed by atoms with Crippen LogP contribution in [0.25, 0.3) is 11.3 Å². The molecule has 1 aromatic carbocycles. The number of carbonyl (C=O) groups is 1. The first-order chi connectivity index (χ1) is 12.4. The first-order valence-electron chi connectivity index (χ1n) is 9.35. The highest BCUT2D eigenvalue weighted by Gasteiger charge is 2.16. The molecule has 0 saturated carbocycles. The van der Waals surface area contributed by atoms with Crippen molar-refractivity contribution in [1.29, 1.82) is 0 Å². The number of furan rings is 1. The summed E-state index contributed by atoms with van der Waals surface area (Å²) in [5, 5.41) is 6.27. The highest BCUT2D eigenvalue weighted by molar-refractivity contribution is 5.92. The number of piperazine rings is 1. The Bertz CT molecular complexity index is 722. The number of benzene rings is 1. The maximum Gasteiger partial charge on any atom is 0.287 e. The van der Waals surface area contributed by atoms with Crippen LogP contribution >= 0.6 is 0 Å². The van der Waals surface area contributed by atoms with E-state index in [0.717, 1.165) is 44.0 Å². The third-order valence-electron chi connectivity index (χ3n) is 4.79. The standard InChI is InChI=1S/C21H29N3O2/c1-21(2,3)17-6-4-16(5-7-17)18-8-9-19(26-18)20(25)23-12-15-24-13-10-22-11-14-24/h4-9,22H,10-15H2,1-3H3,(H,23,25). The number of amides is 1. The number of hydrogen-bond donors (Lipinski definition) is 2. The van der Waals surface area contributed by atoms with Crippen molar-refractivity contribution in [2.75, 3.05) is 39.3 Å². The zero-order chi connectivity index (χ0) is 18.6. The van der Waals surface area contributed by atoms with E-state index >= 15 is 0 Å². The lowest BCUT2D eigenvalue weighted by Gasteiger charge is -2.26. The Morgan fingerprint density at radius 2 is 1.81 bits per heavy atom. The Kier molecular flexibility index (Phi) is 5.79. The van der Waals surface area contributed by atoms with Crippen molar-refractivity contribution < 1.29 is 9.21 Å². The predicted octanol–water partition coefficient (Wildman–Crippen LogP) is 2.88. The molecule has 3 rings (SSSR count). The molecule has 2 aromatic rings. The third kappa shape index (κ3) is 4.74. The van der Waals surface area contributed by atoms with Crippen molar-refractivity contribution in [3.63, 3.8) is 0 Å². The van der Waals surface area contributed by atoms with Gasteiger partial charge >= 0.3 is 0 Å². The van der Waals surface area contributed by atoms with Gasteiger partial charge in [0.25, 0.3) is 5.91 Å². The van der Waals surface area contributed by atoms with E-state index in [0.29, 0.717) is 12.3 Å². The summed E-state index contributed by atoms with van der Waals surface area (Å²) < 4.78 is 5.76. The zero-order valence-corrected chi connectivity index (χ0v) is 16.0. The summed E-state index contributed by atoms with van der Waals surface area (Å²) in [6.45, 7) is 12.2. The van der Waals surface area contributed by atoms with Gasteiger partial charge in [-0.15, -0.1) is 0 Å². The fourth-order valence-electron chi connectivity index (χ4n) is 3.10. The minimum Gasteiger partial charge on any atom is -0.451 e. The van der Waals surface area contributed by atoms with Crippen molar-refractivity contribution in [2.24, 2.45) is 0 Å². The molecule has 26 heavy (non-hydrogen) atoms. The van der Waals surface area contributed by atoms with Crippen molar-refractivity contribution in [3.05, 3.63) is 47.7 Å². The lowest BCUT2D eigenvalue weighted by molar-refractivity contribution is 0.0920. The molecule has 0 atom stereocenters. The summed E-state index contributed by atoms with van der Waals surface area (Å²) in [7, 11) is 0. The Morgan fingerprint density at radius 3 is 2.46 bits per heavy atom. The van der Waals surface area contributed by atoms with Crippen molar-refractivity contribution in [2.45, 2.75) is 26.2 Å². The number of rotatable bonds is 5. The Morgan fingerprint density at radius 1 is 1.12 bits per heavy atom. The monoisotopic (exact) mass is 355 g/mol. The van der Waals surface area contributed by atoms with Crippen LogP contribution in [0, 0.1) is 0 Å². The molecule has 0 radical (unpaired) electrons. The van der Waals surface area contributed by atoms with E-state index in [-0.39, 0.29) is 11.3 Å². The molecule has 1 aliphatic rings. The van der Waals surface area contributed by atoms with Crippen LogP contribution in [-0.2, 0) is 5.41 Å². The van der Waals surface area contributed by atoms with E-state index in [1.165, 1.54) is 5.56 Å². The number of hydrogen-bond acceptors (Lipinski definition) is 4. The van der Waals surface area contributed by atoms with Crippen LogP contribution in [0.3, 0.4) is 0 Å². The van der Waals surface area contributed by atoms with E-state index in [1.807, 2.05) is 18.2 Å². The van der Waals surface area contributed by atoms with Crippen LogP contribution in [0.5, 0.6) is 0 Å². The van der Waals surface area contributed by atoms with Gasteiger partial charge in [0, 0.05) is 44.8 Å². The highest BCUT2D eigenvalue weighted by Crippen LogP contribution is 2.27. The van der Waals surface area contributed by atoms with Gasteiger partial charge in [-0.05, 0) is 23.1 Å². The van der Waals surface area contributed by atoms with Crippen molar-refractivity contribution in [1.82, 2.24) is 15.5 Å². The van der Waals surface area contributed by atoms with E-state index in [4.69, 9.17) is 4.42 Å². The van der Waals surface area contributed by atoms with Crippen LogP contribution in [0.15, 0.2) is 40.8 Å². The average molecular weight is 355 g/mol. The van der Waals surface area contributed by atoms with Gasteiger partial charge in [0.1, 0.15) is 5.76 Å². The molecular weight excluding hydrogens is 326 g/mol. The molecule has 2 N–H and O–H groups in total. The van der Waals surface area contributed by atoms with Gasteiger partial charge in [-0.25, -0.2) is 0 Å². The molecule has 0 bridgehead atoms. The molecule has 5 nitrogen and oxygen atoms in total. The van der Waals surface area contributed by atoms with Crippen LogP contribution in [0.1, 0.15) is 36.9 Å². The van der Waals surface area contributed by atoms with Gasteiger partial charge in [-0.1, -0.05) is 45.0 Å². The van der Waals surface area contributed by atoms with E-state index in [9.17, 15) is 4.79 Å². The maximum atomic E-state index is 12.3. The molecule has 0 spiro atoms. The largest absolute Gasteiger partial charge is 0.451 e. The summed E-state index contributed by atoms with van der Waals surface area (Å²) >= 11 is 0. The lowest BCUT2D eigenvalue weighted by Crippen LogP contribution is -2.46. The number of nitrogens with zero attached hydrogens (tertiary/aromatic N) is 1. The van der Waals surface area contributed by atoms with Gasteiger partial charge in [-0.2, -0.15) is 0 Å². The Balaban J connectivity index is 1.55. The predicted molar refractivity (Wildman–Crippen MR) is 104 cm³/mol. The summed E-state index contributed by atoms with van der Waals surface area (Å²) in [6, 6.07) is 11.9. The van der Waals surface area contributed by atoms with E-state index < -0.39 is 0 Å². The summed E-state index contributed by atoms with van der Waals surface area (Å²) in [5.41, 5.74) is 2.38. The van der Waals surface area contributed by atoms with Gasteiger partial charge in [-0.3, -0.25) is 9.69 Å². The minimum absolute atomic E-state index is 0.122. The quantitative estimate of drug-likeness (QED) is 0.866. The first-order valence-corrected chi connectivity index (χ1v) is 9.35. The van der Waals surface area contributed by atoms with E-state index in [2.05, 4.69) is 48.4 Å². The van der Waals surface area contributed by atoms with Crippen molar-refractivity contribution >= 4 is 5.91 Å². The molecule has 2 heterocycles. The Hall–Kier alpha value is -2.11. The smallest absolute Gasteiger partial charge is 0.287 e. The number of nitrogens with one attached hydrogen (secondary N) is 2. The molecule has 140 valence electrons. The minimum atomic E-state index is -0.155. The summed E-state index contributed by atoms with van der Waals surface area (Å²) in [5.74, 6) is 0.926. The molecule has 1 aromatic heterocycles. The van der Waals surface area contributed by atoms with E-state index in [1.54, 1.807) is 6.07 Å². The summed E-state index contributed by atoms with van der Waals surface area (Å²) in [4.78, 5) is 14.6. The van der Waals surface area contributed by atoms with Crippen LogP contribution in [0.4, 0.5) is 0 Å². The lowest BCUT2D eigenvalue weighted by atomic mass is 9.86. The van der Waals surface area contributed by atoms with Gasteiger partial charge in [0.05, 0.1) is 0 Å². The zero-order valence-electron chi connectivity index (χ0n) is 16.0. The van der Waals surface area contributed by atoms with Crippen LogP contribution in [0.2, 0.25) is 0 Å². The normalized spacial score (nSPS) is 15.8. The van der Waals surface area contributed by atoms with Gasteiger partial charge in [0.2, 0.25) is 0 Å². The van der Waals surface area contributed by atoms with Gasteiger partial charge < -0.3 is 15.1 Å². The molecule has 1 fully saturated rings. The molecule has 1 amide bonds. The SMILES string of the molecule is CC(C)(C)c1ccc(-c2ccc(C(=O)NCCN3CCNCC3)o2)cc1.